The Morgan fingerprint density at radius 3 is 2.67 bits per heavy atom. The van der Waals surface area contributed by atoms with Crippen LogP contribution in [-0.2, 0) is 4.79 Å². The molecule has 8 nitrogen and oxygen atoms in total. The van der Waals surface area contributed by atoms with Crippen LogP contribution in [0.5, 0.6) is 5.75 Å². The molecule has 3 amide bonds. The Hall–Kier alpha value is -2.55. The number of benzene rings is 1. The van der Waals surface area contributed by atoms with Crippen molar-refractivity contribution in [3.8, 4) is 17.2 Å². The normalized spacial score (nSPS) is 10.1. The molecule has 0 fully saturated rings. The van der Waals surface area contributed by atoms with Crippen molar-refractivity contribution in [3.05, 3.63) is 24.3 Å². The molecule has 2 rings (SSSR count). The van der Waals surface area contributed by atoms with E-state index in [1.165, 1.54) is 0 Å². The van der Waals surface area contributed by atoms with Gasteiger partial charge in [0.1, 0.15) is 5.75 Å². The van der Waals surface area contributed by atoms with Crippen LogP contribution in [-0.4, -0.2) is 35.0 Å². The van der Waals surface area contributed by atoms with E-state index >= 15 is 0 Å². The summed E-state index contributed by atoms with van der Waals surface area (Å²) in [5.74, 6) is 0.468. The van der Waals surface area contributed by atoms with Gasteiger partial charge in [0.2, 0.25) is 11.8 Å². The van der Waals surface area contributed by atoms with Crippen molar-refractivity contribution in [2.24, 2.45) is 5.73 Å². The molecule has 1 aromatic heterocycles. The van der Waals surface area contributed by atoms with Crippen molar-refractivity contribution in [2.75, 3.05) is 12.9 Å². The largest absolute Gasteiger partial charge is 0.497 e. The zero-order valence-corrected chi connectivity index (χ0v) is 11.8. The van der Waals surface area contributed by atoms with E-state index in [4.69, 9.17) is 14.9 Å². The van der Waals surface area contributed by atoms with E-state index in [1.807, 2.05) is 5.32 Å². The Kier molecular flexibility index (Phi) is 4.77. The van der Waals surface area contributed by atoms with Crippen LogP contribution < -0.4 is 15.8 Å². The van der Waals surface area contributed by atoms with Crippen molar-refractivity contribution < 1.29 is 18.7 Å². The minimum atomic E-state index is -0.898. The average molecular weight is 308 g/mol. The van der Waals surface area contributed by atoms with Crippen LogP contribution in [0.3, 0.4) is 0 Å². The lowest BCUT2D eigenvalue weighted by atomic mass is 10.2. The van der Waals surface area contributed by atoms with Crippen LogP contribution in [0, 0.1) is 0 Å². The molecular weight excluding hydrogens is 296 g/mol. The first-order chi connectivity index (χ1) is 10.1. The Morgan fingerprint density at radius 1 is 1.33 bits per heavy atom. The minimum Gasteiger partial charge on any atom is -0.497 e. The molecular formula is C12H12N4O4S. The topological polar surface area (TPSA) is 120 Å². The monoisotopic (exact) mass is 308 g/mol. The highest BCUT2D eigenvalue weighted by atomic mass is 32.2. The second kappa shape index (κ2) is 6.75. The summed E-state index contributed by atoms with van der Waals surface area (Å²) >= 11 is 1.01. The zero-order chi connectivity index (χ0) is 15.2. The lowest BCUT2D eigenvalue weighted by Crippen LogP contribution is -2.36. The Labute approximate surface area is 124 Å². The summed E-state index contributed by atoms with van der Waals surface area (Å²) in [5.41, 5.74) is 5.56. The molecule has 1 heterocycles. The summed E-state index contributed by atoms with van der Waals surface area (Å²) < 4.78 is 10.5. The number of nitrogens with two attached hydrogens (primary N) is 1. The van der Waals surface area contributed by atoms with Gasteiger partial charge in [-0.2, -0.15) is 0 Å². The van der Waals surface area contributed by atoms with Crippen molar-refractivity contribution in [3.63, 3.8) is 0 Å². The standard InChI is InChI=1S/C12H12N4O4S/c1-19-8-4-2-7(3-5-8)10-15-16-12(20-10)21-6-9(17)14-11(13)18/h2-5H,6H2,1H3,(H3,13,14,17,18). The summed E-state index contributed by atoms with van der Waals surface area (Å²) in [5, 5.41) is 9.85. The number of methoxy groups -OCH3 is 1. The maximum absolute atomic E-state index is 11.2. The molecule has 21 heavy (non-hydrogen) atoms. The third-order valence-electron chi connectivity index (χ3n) is 2.33. The van der Waals surface area contributed by atoms with Crippen LogP contribution in [0.25, 0.3) is 11.5 Å². The summed E-state index contributed by atoms with van der Waals surface area (Å²) in [6.07, 6.45) is 0. The van der Waals surface area contributed by atoms with Gasteiger partial charge in [-0.05, 0) is 24.3 Å². The van der Waals surface area contributed by atoms with Gasteiger partial charge in [-0.3, -0.25) is 10.1 Å². The minimum absolute atomic E-state index is 0.0484. The first-order valence-electron chi connectivity index (χ1n) is 5.78. The molecule has 0 bridgehead atoms. The van der Waals surface area contributed by atoms with Gasteiger partial charge in [-0.15, -0.1) is 10.2 Å². The van der Waals surface area contributed by atoms with Gasteiger partial charge in [0.05, 0.1) is 12.9 Å². The van der Waals surface area contributed by atoms with Crippen LogP contribution in [0.2, 0.25) is 0 Å². The van der Waals surface area contributed by atoms with Crippen molar-refractivity contribution >= 4 is 23.7 Å². The van der Waals surface area contributed by atoms with Crippen molar-refractivity contribution in [2.45, 2.75) is 5.22 Å². The van der Waals surface area contributed by atoms with Gasteiger partial charge in [0.15, 0.2) is 0 Å². The van der Waals surface area contributed by atoms with Gasteiger partial charge in [0.25, 0.3) is 5.22 Å². The number of carbonyl (C=O) groups excluding carboxylic acids is 2. The molecule has 0 aliphatic rings. The molecule has 0 radical (unpaired) electrons. The SMILES string of the molecule is COc1ccc(-c2nnc(SCC(=O)NC(N)=O)o2)cc1. The number of thioether (sulfide) groups is 1. The van der Waals surface area contributed by atoms with Crippen LogP contribution >= 0.6 is 11.8 Å². The number of urea groups is 1. The highest BCUT2D eigenvalue weighted by Gasteiger charge is 2.12. The third kappa shape index (κ3) is 4.21. The molecule has 9 heteroatoms. The molecule has 0 saturated heterocycles. The first-order valence-corrected chi connectivity index (χ1v) is 6.77. The first kappa shape index (κ1) is 14.9. The highest BCUT2D eigenvalue weighted by molar-refractivity contribution is 7.99. The highest BCUT2D eigenvalue weighted by Crippen LogP contribution is 2.24. The maximum Gasteiger partial charge on any atom is 0.318 e. The quantitative estimate of drug-likeness (QED) is 0.791. The van der Waals surface area contributed by atoms with Gasteiger partial charge in [-0.25, -0.2) is 4.79 Å². The molecule has 0 aliphatic heterocycles. The Morgan fingerprint density at radius 2 is 2.05 bits per heavy atom. The number of hydrogen-bond acceptors (Lipinski definition) is 7. The number of aromatic nitrogens is 2. The number of nitrogens with one attached hydrogen (secondary N) is 1. The number of nitrogens with zero attached hydrogens (tertiary/aromatic N) is 2. The maximum atomic E-state index is 11.2. The average Bonchev–Trinajstić information content (AvgIpc) is 2.93. The number of rotatable bonds is 5. The number of carbonyl (C=O) groups is 2. The van der Waals surface area contributed by atoms with E-state index in [-0.39, 0.29) is 11.0 Å². The lowest BCUT2D eigenvalue weighted by Gasteiger charge is -1.99. The second-order valence-electron chi connectivity index (χ2n) is 3.80. The number of ether oxygens (including phenoxy) is 1. The summed E-state index contributed by atoms with van der Waals surface area (Å²) in [7, 11) is 1.58. The number of hydrogen-bond donors (Lipinski definition) is 2. The second-order valence-corrected chi connectivity index (χ2v) is 4.73. The summed E-state index contributed by atoms with van der Waals surface area (Å²) in [4.78, 5) is 21.7. The Bertz CT molecular complexity index is 641. The summed E-state index contributed by atoms with van der Waals surface area (Å²) in [6.45, 7) is 0. The van der Waals surface area contributed by atoms with E-state index < -0.39 is 11.9 Å². The fraction of sp³-hybridized carbons (Fsp3) is 0.167. The third-order valence-corrected chi connectivity index (χ3v) is 3.15. The molecule has 110 valence electrons. The molecule has 0 atom stereocenters. The predicted octanol–water partition coefficient (Wildman–Crippen LogP) is 1.03. The van der Waals surface area contributed by atoms with E-state index in [1.54, 1.807) is 31.4 Å². The van der Waals surface area contributed by atoms with Gasteiger partial charge in [-0.1, -0.05) is 11.8 Å². The molecule has 2 aromatic rings. The smallest absolute Gasteiger partial charge is 0.318 e. The Balaban J connectivity index is 1.97. The number of primary amides is 1. The van der Waals surface area contributed by atoms with Gasteiger partial charge < -0.3 is 14.9 Å². The van der Waals surface area contributed by atoms with Gasteiger partial charge >= 0.3 is 6.03 Å². The number of imide groups is 1. The van der Waals surface area contributed by atoms with Crippen LogP contribution in [0.15, 0.2) is 33.9 Å². The van der Waals surface area contributed by atoms with Crippen LogP contribution in [0.1, 0.15) is 0 Å². The lowest BCUT2D eigenvalue weighted by molar-refractivity contribution is -0.117. The molecule has 0 saturated carbocycles. The fourth-order valence-electron chi connectivity index (χ4n) is 1.42. The molecule has 3 N–H and O–H groups in total. The van der Waals surface area contributed by atoms with E-state index in [0.29, 0.717) is 5.89 Å². The van der Waals surface area contributed by atoms with Crippen molar-refractivity contribution in [1.29, 1.82) is 0 Å². The summed E-state index contributed by atoms with van der Waals surface area (Å²) in [6, 6.07) is 6.20. The van der Waals surface area contributed by atoms with E-state index in [0.717, 1.165) is 23.1 Å². The van der Waals surface area contributed by atoms with Gasteiger partial charge in [0, 0.05) is 5.56 Å². The fourth-order valence-corrected chi connectivity index (χ4v) is 1.98. The van der Waals surface area contributed by atoms with Crippen molar-refractivity contribution in [1.82, 2.24) is 15.5 Å². The zero-order valence-electron chi connectivity index (χ0n) is 11.0. The molecule has 0 spiro atoms. The molecule has 0 aliphatic carbocycles. The van der Waals surface area contributed by atoms with Crippen LogP contribution in [0.4, 0.5) is 4.79 Å². The van der Waals surface area contributed by atoms with E-state index in [2.05, 4.69) is 10.2 Å². The molecule has 1 aromatic carbocycles. The van der Waals surface area contributed by atoms with E-state index in [9.17, 15) is 9.59 Å². The predicted molar refractivity (Wildman–Crippen MR) is 74.7 cm³/mol. The number of amides is 3. The molecule has 0 unspecified atom stereocenters.